The highest BCUT2D eigenvalue weighted by atomic mass is 16.5. The summed E-state index contributed by atoms with van der Waals surface area (Å²) in [5.74, 6) is 0.725. The van der Waals surface area contributed by atoms with Crippen molar-refractivity contribution < 1.29 is 9.53 Å². The number of carbonyl (C=O) groups is 1. The van der Waals surface area contributed by atoms with Crippen LogP contribution < -0.4 is 10.2 Å². The molecule has 0 aliphatic carbocycles. The Kier molecular flexibility index (Phi) is 5.15. The molecule has 2 heterocycles. The molecule has 0 spiro atoms. The van der Waals surface area contributed by atoms with Crippen molar-refractivity contribution in [3.8, 4) is 0 Å². The van der Waals surface area contributed by atoms with E-state index < -0.39 is 0 Å². The summed E-state index contributed by atoms with van der Waals surface area (Å²) in [6.07, 6.45) is 3.80. The van der Waals surface area contributed by atoms with E-state index in [1.54, 1.807) is 12.3 Å². The van der Waals surface area contributed by atoms with E-state index in [1.807, 2.05) is 6.07 Å². The van der Waals surface area contributed by atoms with Gasteiger partial charge in [-0.05, 0) is 18.6 Å². The molecule has 0 bridgehead atoms. The minimum atomic E-state index is -0.0389. The number of amides is 1. The van der Waals surface area contributed by atoms with Crippen LogP contribution in [0.3, 0.4) is 0 Å². The predicted octanol–water partition coefficient (Wildman–Crippen LogP) is 1.45. The van der Waals surface area contributed by atoms with Crippen molar-refractivity contribution in [2.45, 2.75) is 19.8 Å². The number of nitrogens with zero attached hydrogens (tertiary/aromatic N) is 2. The lowest BCUT2D eigenvalue weighted by atomic mass is 10.2. The van der Waals surface area contributed by atoms with Crippen LogP contribution in [0.25, 0.3) is 0 Å². The number of morpholine rings is 1. The fraction of sp³-hybridized carbons (Fsp3) is 0.571. The number of hydrogen-bond donors (Lipinski definition) is 1. The number of hydrogen-bond acceptors (Lipinski definition) is 4. The molecule has 1 aliphatic heterocycles. The molecule has 0 saturated carbocycles. The minimum absolute atomic E-state index is 0.0389. The summed E-state index contributed by atoms with van der Waals surface area (Å²) in [6.45, 7) is 5.77. The number of pyridine rings is 1. The monoisotopic (exact) mass is 263 g/mol. The number of ether oxygens (including phenoxy) is 1. The van der Waals surface area contributed by atoms with Gasteiger partial charge >= 0.3 is 0 Å². The van der Waals surface area contributed by atoms with Crippen molar-refractivity contribution in [1.29, 1.82) is 0 Å². The highest BCUT2D eigenvalue weighted by Crippen LogP contribution is 2.18. The summed E-state index contributed by atoms with van der Waals surface area (Å²) in [5, 5.41) is 2.94. The largest absolute Gasteiger partial charge is 0.378 e. The second-order valence-electron chi connectivity index (χ2n) is 4.58. The van der Waals surface area contributed by atoms with Crippen LogP contribution in [0.15, 0.2) is 18.3 Å². The van der Waals surface area contributed by atoms with Gasteiger partial charge < -0.3 is 15.0 Å². The van der Waals surface area contributed by atoms with E-state index in [-0.39, 0.29) is 5.91 Å². The molecule has 1 N–H and O–H groups in total. The molecule has 1 amide bonds. The highest BCUT2D eigenvalue weighted by Gasteiger charge is 2.19. The molecule has 1 aromatic rings. The third kappa shape index (κ3) is 3.67. The number of unbranched alkanes of at least 4 members (excludes halogenated alkanes) is 1. The van der Waals surface area contributed by atoms with Gasteiger partial charge in [0.15, 0.2) is 0 Å². The Morgan fingerprint density at radius 2 is 2.26 bits per heavy atom. The Morgan fingerprint density at radius 1 is 1.47 bits per heavy atom. The summed E-state index contributed by atoms with van der Waals surface area (Å²) in [4.78, 5) is 18.6. The van der Waals surface area contributed by atoms with Crippen LogP contribution in [0.2, 0.25) is 0 Å². The molecular formula is C14H21N3O2. The van der Waals surface area contributed by atoms with E-state index in [2.05, 4.69) is 22.1 Å². The zero-order valence-electron chi connectivity index (χ0n) is 11.4. The van der Waals surface area contributed by atoms with Gasteiger partial charge in [0.2, 0.25) is 0 Å². The molecule has 0 unspecified atom stereocenters. The number of carbonyl (C=O) groups excluding carboxylic acids is 1. The van der Waals surface area contributed by atoms with Crippen molar-refractivity contribution in [2.75, 3.05) is 37.7 Å². The average Bonchev–Trinajstić information content (AvgIpc) is 2.48. The molecule has 19 heavy (non-hydrogen) atoms. The van der Waals surface area contributed by atoms with E-state index in [9.17, 15) is 4.79 Å². The summed E-state index contributed by atoms with van der Waals surface area (Å²) >= 11 is 0. The molecule has 0 radical (unpaired) electrons. The maximum absolute atomic E-state index is 12.2. The van der Waals surface area contributed by atoms with E-state index in [1.165, 1.54) is 0 Å². The molecule has 0 atom stereocenters. The van der Waals surface area contributed by atoms with Gasteiger partial charge in [-0.15, -0.1) is 0 Å². The Bertz CT molecular complexity index is 417. The van der Waals surface area contributed by atoms with Crippen LogP contribution in [-0.2, 0) is 4.74 Å². The van der Waals surface area contributed by atoms with E-state index in [0.717, 1.165) is 31.7 Å². The van der Waals surface area contributed by atoms with E-state index >= 15 is 0 Å². The number of nitrogens with one attached hydrogen (secondary N) is 1. The third-order valence-electron chi connectivity index (χ3n) is 3.16. The lowest BCUT2D eigenvalue weighted by Crippen LogP contribution is -2.38. The highest BCUT2D eigenvalue weighted by molar-refractivity contribution is 5.98. The summed E-state index contributed by atoms with van der Waals surface area (Å²) in [7, 11) is 0. The minimum Gasteiger partial charge on any atom is -0.378 e. The molecule has 1 fully saturated rings. The van der Waals surface area contributed by atoms with Crippen LogP contribution >= 0.6 is 0 Å². The van der Waals surface area contributed by atoms with Crippen LogP contribution in [0.1, 0.15) is 30.1 Å². The van der Waals surface area contributed by atoms with Crippen LogP contribution in [0.4, 0.5) is 5.82 Å². The van der Waals surface area contributed by atoms with Crippen molar-refractivity contribution in [2.24, 2.45) is 0 Å². The zero-order valence-corrected chi connectivity index (χ0v) is 11.4. The first-order valence-corrected chi connectivity index (χ1v) is 6.89. The maximum atomic E-state index is 12.2. The molecule has 1 aliphatic rings. The van der Waals surface area contributed by atoms with Crippen LogP contribution in [0, 0.1) is 0 Å². The smallest absolute Gasteiger partial charge is 0.255 e. The lowest BCUT2D eigenvalue weighted by molar-refractivity contribution is 0.0951. The third-order valence-corrected chi connectivity index (χ3v) is 3.16. The van der Waals surface area contributed by atoms with Crippen LogP contribution in [-0.4, -0.2) is 43.7 Å². The molecule has 5 nitrogen and oxygen atoms in total. The zero-order chi connectivity index (χ0) is 13.5. The first-order chi connectivity index (χ1) is 9.33. The number of aromatic nitrogens is 1. The van der Waals surface area contributed by atoms with Gasteiger partial charge in [0.1, 0.15) is 5.82 Å². The van der Waals surface area contributed by atoms with Gasteiger partial charge in [-0.2, -0.15) is 0 Å². The molecule has 1 saturated heterocycles. The van der Waals surface area contributed by atoms with Gasteiger partial charge in [-0.25, -0.2) is 4.98 Å². The Balaban J connectivity index is 2.08. The van der Waals surface area contributed by atoms with E-state index in [0.29, 0.717) is 25.3 Å². The standard InChI is InChI=1S/C14H21N3O2/c1-2-3-6-16-14(18)12-5-4-7-15-13(12)17-8-10-19-11-9-17/h4-5,7H,2-3,6,8-11H2,1H3,(H,16,18). The van der Waals surface area contributed by atoms with Gasteiger partial charge in [0, 0.05) is 25.8 Å². The Labute approximate surface area is 114 Å². The lowest BCUT2D eigenvalue weighted by Gasteiger charge is -2.29. The second kappa shape index (κ2) is 7.09. The number of anilines is 1. The van der Waals surface area contributed by atoms with Gasteiger partial charge in [-0.3, -0.25) is 4.79 Å². The summed E-state index contributed by atoms with van der Waals surface area (Å²) in [6, 6.07) is 3.64. The fourth-order valence-electron chi connectivity index (χ4n) is 2.08. The first-order valence-electron chi connectivity index (χ1n) is 6.89. The molecule has 2 rings (SSSR count). The fourth-order valence-corrected chi connectivity index (χ4v) is 2.08. The van der Waals surface area contributed by atoms with Gasteiger partial charge in [-0.1, -0.05) is 13.3 Å². The van der Waals surface area contributed by atoms with Crippen molar-refractivity contribution in [3.05, 3.63) is 23.9 Å². The maximum Gasteiger partial charge on any atom is 0.255 e. The quantitative estimate of drug-likeness (QED) is 0.817. The molecular weight excluding hydrogens is 242 g/mol. The van der Waals surface area contributed by atoms with Gasteiger partial charge in [0.05, 0.1) is 18.8 Å². The van der Waals surface area contributed by atoms with Crippen LogP contribution in [0.5, 0.6) is 0 Å². The first kappa shape index (κ1) is 13.8. The molecule has 104 valence electrons. The number of rotatable bonds is 5. The average molecular weight is 263 g/mol. The van der Waals surface area contributed by atoms with Gasteiger partial charge in [0.25, 0.3) is 5.91 Å². The second-order valence-corrected chi connectivity index (χ2v) is 4.58. The SMILES string of the molecule is CCCCNC(=O)c1cccnc1N1CCOCC1. The summed E-state index contributed by atoms with van der Waals surface area (Å²) < 4.78 is 5.33. The summed E-state index contributed by atoms with van der Waals surface area (Å²) in [5.41, 5.74) is 0.653. The van der Waals surface area contributed by atoms with Crippen molar-refractivity contribution >= 4 is 11.7 Å². The van der Waals surface area contributed by atoms with E-state index in [4.69, 9.17) is 4.74 Å². The Hall–Kier alpha value is -1.62. The molecule has 1 aromatic heterocycles. The van der Waals surface area contributed by atoms with Crippen molar-refractivity contribution in [1.82, 2.24) is 10.3 Å². The molecule has 5 heteroatoms. The van der Waals surface area contributed by atoms with Crippen molar-refractivity contribution in [3.63, 3.8) is 0 Å². The predicted molar refractivity (Wildman–Crippen MR) is 74.5 cm³/mol. The topological polar surface area (TPSA) is 54.5 Å². The normalized spacial score (nSPS) is 15.3. The molecule has 0 aromatic carbocycles. The Morgan fingerprint density at radius 3 is 3.00 bits per heavy atom.